The van der Waals surface area contributed by atoms with Crippen LogP contribution in [-0.2, 0) is 0 Å². The summed E-state index contributed by atoms with van der Waals surface area (Å²) < 4.78 is 0. The zero-order valence-corrected chi connectivity index (χ0v) is 18.4. The summed E-state index contributed by atoms with van der Waals surface area (Å²) in [5.74, 6) is -0.149. The molecule has 33 heavy (non-hydrogen) atoms. The number of primary amides is 1. The fourth-order valence-electron chi connectivity index (χ4n) is 4.88. The van der Waals surface area contributed by atoms with Gasteiger partial charge in [-0.2, -0.15) is 4.80 Å². The fourth-order valence-corrected chi connectivity index (χ4v) is 4.88. The second kappa shape index (κ2) is 9.15. The van der Waals surface area contributed by atoms with Crippen molar-refractivity contribution in [3.05, 3.63) is 84.0 Å². The summed E-state index contributed by atoms with van der Waals surface area (Å²) in [7, 11) is 0. The number of nitrogens with two attached hydrogens (primary N) is 1. The van der Waals surface area contributed by atoms with Crippen LogP contribution < -0.4 is 5.73 Å². The Bertz CT molecular complexity index is 1120. The Morgan fingerprint density at radius 3 is 2.12 bits per heavy atom. The molecule has 2 aliphatic rings. The van der Waals surface area contributed by atoms with Crippen molar-refractivity contribution < 1.29 is 9.59 Å². The van der Waals surface area contributed by atoms with Crippen LogP contribution >= 0.6 is 0 Å². The van der Waals surface area contributed by atoms with Gasteiger partial charge in [0.2, 0.25) is 0 Å². The van der Waals surface area contributed by atoms with Crippen molar-refractivity contribution in [2.45, 2.75) is 6.42 Å². The first-order valence-electron chi connectivity index (χ1n) is 11.3. The van der Waals surface area contributed by atoms with Gasteiger partial charge in [0.25, 0.3) is 11.8 Å². The maximum atomic E-state index is 13.2. The van der Waals surface area contributed by atoms with Crippen LogP contribution in [0.15, 0.2) is 60.7 Å². The molecule has 0 aliphatic carbocycles. The van der Waals surface area contributed by atoms with Crippen LogP contribution in [0.4, 0.5) is 0 Å². The first-order chi connectivity index (χ1) is 16.1. The highest BCUT2D eigenvalue weighted by Crippen LogP contribution is 2.32. The van der Waals surface area contributed by atoms with Crippen LogP contribution in [0.5, 0.6) is 0 Å². The monoisotopic (exact) mass is 443 g/mol. The number of hydrogen-bond donors (Lipinski definition) is 1. The molecule has 0 spiro atoms. The van der Waals surface area contributed by atoms with Gasteiger partial charge in [-0.15, -0.1) is 10.2 Å². The molecule has 3 aromatic rings. The summed E-state index contributed by atoms with van der Waals surface area (Å²) in [6.45, 7) is 4.32. The molecular weight excluding hydrogens is 416 g/mol. The molecule has 2 N–H and O–H groups in total. The highest BCUT2D eigenvalue weighted by Gasteiger charge is 2.42. The topological polar surface area (TPSA) is 97.3 Å². The van der Waals surface area contributed by atoms with E-state index in [-0.39, 0.29) is 17.3 Å². The Hall–Kier alpha value is -3.52. The van der Waals surface area contributed by atoms with Crippen LogP contribution in [0.25, 0.3) is 5.69 Å². The summed E-state index contributed by atoms with van der Waals surface area (Å²) in [4.78, 5) is 30.8. The minimum absolute atomic E-state index is 0.0284. The number of likely N-dealkylation sites (tertiary alicyclic amines) is 2. The first-order valence-corrected chi connectivity index (χ1v) is 11.3. The van der Waals surface area contributed by atoms with Gasteiger partial charge in [0.1, 0.15) is 0 Å². The Balaban J connectivity index is 1.20. The van der Waals surface area contributed by atoms with Gasteiger partial charge in [-0.25, -0.2) is 0 Å². The molecule has 2 aromatic carbocycles. The van der Waals surface area contributed by atoms with Crippen LogP contribution in [0, 0.1) is 18.3 Å². The van der Waals surface area contributed by atoms with E-state index in [2.05, 4.69) is 45.8 Å². The molecule has 2 fully saturated rings. The van der Waals surface area contributed by atoms with Gasteiger partial charge < -0.3 is 15.5 Å². The number of aromatic nitrogens is 3. The Morgan fingerprint density at radius 2 is 1.48 bits per heavy atom. The fraction of sp³-hybridized carbons (Fsp3) is 0.320. The van der Waals surface area contributed by atoms with Gasteiger partial charge in [-0.3, -0.25) is 9.59 Å². The summed E-state index contributed by atoms with van der Waals surface area (Å²) in [6, 6.07) is 19.6. The molecule has 1 radical (unpaired) electrons. The lowest BCUT2D eigenvalue weighted by Crippen LogP contribution is -2.35. The lowest BCUT2D eigenvalue weighted by molar-refractivity contribution is 0.0762. The second-order valence-electron chi connectivity index (χ2n) is 8.78. The molecule has 169 valence electrons. The van der Waals surface area contributed by atoms with Crippen molar-refractivity contribution in [3.63, 3.8) is 0 Å². The van der Waals surface area contributed by atoms with E-state index in [1.807, 2.05) is 36.4 Å². The zero-order chi connectivity index (χ0) is 22.8. The van der Waals surface area contributed by atoms with Crippen molar-refractivity contribution >= 4 is 11.8 Å². The van der Waals surface area contributed by atoms with E-state index < -0.39 is 5.91 Å². The number of amides is 2. The molecule has 3 heterocycles. The normalized spacial score (nSPS) is 20.2. The second-order valence-corrected chi connectivity index (χ2v) is 8.78. The first kappa shape index (κ1) is 21.3. The zero-order valence-electron chi connectivity index (χ0n) is 18.4. The van der Waals surface area contributed by atoms with Gasteiger partial charge in [0.05, 0.1) is 5.69 Å². The summed E-state index contributed by atoms with van der Waals surface area (Å²) in [5.41, 5.74) is 7.37. The highest BCUT2D eigenvalue weighted by molar-refractivity contribution is 6.04. The highest BCUT2D eigenvalue weighted by atomic mass is 16.2. The molecule has 8 nitrogen and oxygen atoms in total. The standard InChI is InChI=1S/C25H27N6O2/c26-24(32)22-23(28-31(27-22)21-11-5-2-6-12-21)25(33)30-16-19-14-29(15-20(19)17-30)13-7-10-18-8-3-1-4-9-18/h1-6,8-12,19-20H,7,13-17H2,(H2,26,32)/t19-,20?/m0/s1. The molecule has 2 saturated heterocycles. The molecule has 8 heteroatoms. The predicted molar refractivity (Wildman–Crippen MR) is 124 cm³/mol. The van der Waals surface area contributed by atoms with Crippen LogP contribution in [0.2, 0.25) is 0 Å². The Morgan fingerprint density at radius 1 is 0.879 bits per heavy atom. The number of fused-ring (bicyclic) bond motifs is 1. The number of carbonyl (C=O) groups is 2. The van der Waals surface area contributed by atoms with Crippen molar-refractivity contribution in [3.8, 4) is 5.69 Å². The minimum atomic E-state index is -0.749. The van der Waals surface area contributed by atoms with E-state index in [0.717, 1.165) is 26.1 Å². The number of rotatable bonds is 7. The molecular formula is C25H27N6O2. The lowest BCUT2D eigenvalue weighted by Gasteiger charge is -2.21. The van der Waals surface area contributed by atoms with Gasteiger partial charge in [0.15, 0.2) is 11.4 Å². The largest absolute Gasteiger partial charge is 0.364 e. The minimum Gasteiger partial charge on any atom is -0.364 e. The number of carbonyl (C=O) groups excluding carboxylic acids is 2. The van der Waals surface area contributed by atoms with E-state index >= 15 is 0 Å². The molecule has 2 atom stereocenters. The average Bonchev–Trinajstić information content (AvgIpc) is 3.53. The van der Waals surface area contributed by atoms with Gasteiger partial charge in [-0.05, 0) is 48.9 Å². The van der Waals surface area contributed by atoms with Crippen molar-refractivity contribution in [1.82, 2.24) is 24.8 Å². The quantitative estimate of drug-likeness (QED) is 0.603. The molecule has 1 unspecified atom stereocenters. The maximum absolute atomic E-state index is 13.2. The third-order valence-electron chi connectivity index (χ3n) is 6.51. The molecule has 5 rings (SSSR count). The molecule has 0 saturated carbocycles. The van der Waals surface area contributed by atoms with Gasteiger partial charge >= 0.3 is 0 Å². The SMILES string of the molecule is NC(=O)c1nn(-c2ccccc2)nc1C(=O)N1CC2CN(CC[CH]c3ccccc3)C[C@H]2C1. The Kier molecular flexibility index (Phi) is 5.92. The van der Waals surface area contributed by atoms with Crippen LogP contribution in [-0.4, -0.2) is 69.3 Å². The summed E-state index contributed by atoms with van der Waals surface area (Å²) in [5, 5.41) is 8.51. The molecule has 1 aromatic heterocycles. The number of benzene rings is 2. The van der Waals surface area contributed by atoms with E-state index in [1.54, 1.807) is 4.90 Å². The van der Waals surface area contributed by atoms with E-state index in [0.29, 0.717) is 30.6 Å². The smallest absolute Gasteiger partial charge is 0.276 e. The van der Waals surface area contributed by atoms with E-state index in [4.69, 9.17) is 5.73 Å². The van der Waals surface area contributed by atoms with E-state index in [1.165, 1.54) is 10.4 Å². The number of nitrogens with zero attached hydrogens (tertiary/aromatic N) is 5. The van der Waals surface area contributed by atoms with Crippen molar-refractivity contribution in [2.24, 2.45) is 17.6 Å². The maximum Gasteiger partial charge on any atom is 0.276 e. The summed E-state index contributed by atoms with van der Waals surface area (Å²) >= 11 is 0. The van der Waals surface area contributed by atoms with Crippen LogP contribution in [0.1, 0.15) is 33.0 Å². The Labute approximate surface area is 193 Å². The predicted octanol–water partition coefficient (Wildman–Crippen LogP) is 2.01. The average molecular weight is 444 g/mol. The van der Waals surface area contributed by atoms with Gasteiger partial charge in [-0.1, -0.05) is 48.5 Å². The third kappa shape index (κ3) is 4.52. The number of para-hydroxylation sites is 1. The summed E-state index contributed by atoms with van der Waals surface area (Å²) in [6.07, 6.45) is 3.28. The molecule has 2 aliphatic heterocycles. The van der Waals surface area contributed by atoms with Crippen molar-refractivity contribution in [2.75, 3.05) is 32.7 Å². The molecule has 0 bridgehead atoms. The molecule has 2 amide bonds. The van der Waals surface area contributed by atoms with Gasteiger partial charge in [0, 0.05) is 26.2 Å². The lowest BCUT2D eigenvalue weighted by atomic mass is 10.0. The number of hydrogen-bond acceptors (Lipinski definition) is 5. The third-order valence-corrected chi connectivity index (χ3v) is 6.51. The van der Waals surface area contributed by atoms with Crippen LogP contribution in [0.3, 0.4) is 0 Å². The van der Waals surface area contributed by atoms with Crippen molar-refractivity contribution in [1.29, 1.82) is 0 Å². The van der Waals surface area contributed by atoms with E-state index in [9.17, 15) is 9.59 Å².